The highest BCUT2D eigenvalue weighted by molar-refractivity contribution is 5.96. The summed E-state index contributed by atoms with van der Waals surface area (Å²) >= 11 is 0. The Kier molecular flexibility index (Phi) is 3.89. The Morgan fingerprint density at radius 3 is 2.43 bits per heavy atom. The average molecular weight is 308 g/mol. The van der Waals surface area contributed by atoms with Crippen molar-refractivity contribution in [3.8, 4) is 17.2 Å². The van der Waals surface area contributed by atoms with Gasteiger partial charge in [-0.1, -0.05) is 12.1 Å². The summed E-state index contributed by atoms with van der Waals surface area (Å²) < 4.78 is 10.6. The second-order valence-electron chi connectivity index (χ2n) is 5.27. The van der Waals surface area contributed by atoms with Crippen molar-refractivity contribution in [3.05, 3.63) is 65.7 Å². The molecule has 0 amide bonds. The number of hydrogen-bond acceptors (Lipinski definition) is 4. The van der Waals surface area contributed by atoms with E-state index in [0.29, 0.717) is 16.9 Å². The second-order valence-corrected chi connectivity index (χ2v) is 5.27. The van der Waals surface area contributed by atoms with E-state index < -0.39 is 5.97 Å². The van der Waals surface area contributed by atoms with Crippen molar-refractivity contribution in [2.75, 3.05) is 7.11 Å². The second kappa shape index (κ2) is 6.01. The van der Waals surface area contributed by atoms with Crippen molar-refractivity contribution in [2.45, 2.75) is 6.92 Å². The van der Waals surface area contributed by atoms with Crippen LogP contribution in [0.25, 0.3) is 10.8 Å². The molecule has 0 heterocycles. The van der Waals surface area contributed by atoms with Gasteiger partial charge in [0.2, 0.25) is 0 Å². The summed E-state index contributed by atoms with van der Waals surface area (Å²) in [5.74, 6) is 0.911. The van der Waals surface area contributed by atoms with Gasteiger partial charge >= 0.3 is 5.97 Å². The van der Waals surface area contributed by atoms with Crippen LogP contribution in [0.4, 0.5) is 0 Å². The number of rotatable bonds is 3. The average Bonchev–Trinajstić information content (AvgIpc) is 2.56. The van der Waals surface area contributed by atoms with E-state index >= 15 is 0 Å². The van der Waals surface area contributed by atoms with Gasteiger partial charge in [0.05, 0.1) is 12.7 Å². The fourth-order valence-electron chi connectivity index (χ4n) is 2.38. The fourth-order valence-corrected chi connectivity index (χ4v) is 2.38. The molecule has 0 unspecified atom stereocenters. The van der Waals surface area contributed by atoms with E-state index in [9.17, 15) is 9.90 Å². The van der Waals surface area contributed by atoms with E-state index in [4.69, 9.17) is 9.47 Å². The number of hydrogen-bond donors (Lipinski definition) is 1. The van der Waals surface area contributed by atoms with Gasteiger partial charge in [0.25, 0.3) is 0 Å². The predicted octanol–water partition coefficient (Wildman–Crippen LogP) is 4.08. The van der Waals surface area contributed by atoms with Gasteiger partial charge < -0.3 is 14.6 Å². The number of fused-ring (bicyclic) bond motifs is 1. The third kappa shape index (κ3) is 3.11. The van der Waals surface area contributed by atoms with Crippen molar-refractivity contribution in [3.63, 3.8) is 0 Å². The minimum Gasteiger partial charge on any atom is -0.508 e. The zero-order chi connectivity index (χ0) is 16.4. The lowest BCUT2D eigenvalue weighted by molar-refractivity contribution is 0.0733. The van der Waals surface area contributed by atoms with Gasteiger partial charge in [0.15, 0.2) is 0 Å². The van der Waals surface area contributed by atoms with Crippen LogP contribution in [-0.2, 0) is 0 Å². The Balaban J connectivity index is 1.88. The van der Waals surface area contributed by atoms with E-state index in [2.05, 4.69) is 0 Å². The minimum absolute atomic E-state index is 0.141. The van der Waals surface area contributed by atoms with Crippen LogP contribution in [0.1, 0.15) is 15.9 Å². The number of carbonyl (C=O) groups is 1. The molecule has 1 N–H and O–H groups in total. The highest BCUT2D eigenvalue weighted by atomic mass is 16.5. The molecule has 0 aromatic heterocycles. The first-order chi connectivity index (χ1) is 11.1. The lowest BCUT2D eigenvalue weighted by Gasteiger charge is -2.09. The van der Waals surface area contributed by atoms with Gasteiger partial charge in [-0.3, -0.25) is 0 Å². The summed E-state index contributed by atoms with van der Waals surface area (Å²) in [4.78, 5) is 12.3. The Hall–Kier alpha value is -3.01. The number of ether oxygens (including phenoxy) is 2. The van der Waals surface area contributed by atoms with E-state index in [-0.39, 0.29) is 5.75 Å². The number of carbonyl (C=O) groups excluding carboxylic acids is 1. The van der Waals surface area contributed by atoms with Crippen LogP contribution in [-0.4, -0.2) is 18.2 Å². The van der Waals surface area contributed by atoms with E-state index in [1.807, 2.05) is 24.3 Å². The largest absolute Gasteiger partial charge is 0.508 e. The van der Waals surface area contributed by atoms with Crippen molar-refractivity contribution in [1.82, 2.24) is 0 Å². The summed E-state index contributed by atoms with van der Waals surface area (Å²) in [6.45, 7) is 1.77. The van der Waals surface area contributed by atoms with Crippen LogP contribution in [0.2, 0.25) is 0 Å². The minimum atomic E-state index is -0.434. The first-order valence-electron chi connectivity index (χ1n) is 7.16. The summed E-state index contributed by atoms with van der Waals surface area (Å²) in [6.07, 6.45) is 0. The van der Waals surface area contributed by atoms with Crippen molar-refractivity contribution in [1.29, 1.82) is 0 Å². The fraction of sp³-hybridized carbons (Fsp3) is 0.105. The molecule has 0 atom stereocenters. The molecule has 0 aliphatic rings. The number of phenolic OH excluding ortho intramolecular Hbond substituents is 1. The number of esters is 1. The van der Waals surface area contributed by atoms with Crippen LogP contribution in [0.15, 0.2) is 54.6 Å². The van der Waals surface area contributed by atoms with Crippen molar-refractivity contribution < 1.29 is 19.4 Å². The SMILES string of the molecule is COc1ccc2cc(C(=O)Oc3ccc(O)cc3C)ccc2c1. The molecule has 0 radical (unpaired) electrons. The van der Waals surface area contributed by atoms with E-state index in [1.54, 1.807) is 38.3 Å². The van der Waals surface area contributed by atoms with Crippen LogP contribution >= 0.6 is 0 Å². The topological polar surface area (TPSA) is 55.8 Å². The van der Waals surface area contributed by atoms with E-state index in [0.717, 1.165) is 16.5 Å². The van der Waals surface area contributed by atoms with Crippen LogP contribution in [0.5, 0.6) is 17.2 Å². The molecule has 0 saturated carbocycles. The molecule has 3 aromatic rings. The molecule has 4 nitrogen and oxygen atoms in total. The molecule has 0 bridgehead atoms. The Labute approximate surface area is 133 Å². The highest BCUT2D eigenvalue weighted by Gasteiger charge is 2.11. The maximum absolute atomic E-state index is 12.3. The first-order valence-corrected chi connectivity index (χ1v) is 7.16. The maximum atomic E-state index is 12.3. The zero-order valence-electron chi connectivity index (χ0n) is 12.9. The summed E-state index contributed by atoms with van der Waals surface area (Å²) in [5.41, 5.74) is 1.17. The van der Waals surface area contributed by atoms with Gasteiger partial charge in [0.1, 0.15) is 17.2 Å². The molecule has 116 valence electrons. The standard InChI is InChI=1S/C19H16O4/c1-12-9-16(20)6-8-18(12)23-19(21)15-4-3-14-11-17(22-2)7-5-13(14)10-15/h3-11,20H,1-2H3. The molecule has 0 aliphatic carbocycles. The number of benzene rings is 3. The first kappa shape index (κ1) is 14.9. The number of methoxy groups -OCH3 is 1. The normalized spacial score (nSPS) is 10.5. The van der Waals surface area contributed by atoms with Crippen molar-refractivity contribution >= 4 is 16.7 Å². The molecule has 0 aliphatic heterocycles. The smallest absolute Gasteiger partial charge is 0.343 e. The van der Waals surface area contributed by atoms with Gasteiger partial charge in [-0.25, -0.2) is 4.79 Å². The molecule has 4 heteroatoms. The van der Waals surface area contributed by atoms with Crippen LogP contribution in [0, 0.1) is 6.92 Å². The molecule has 23 heavy (non-hydrogen) atoms. The van der Waals surface area contributed by atoms with Crippen LogP contribution < -0.4 is 9.47 Å². The molecule has 0 saturated heterocycles. The van der Waals surface area contributed by atoms with E-state index in [1.165, 1.54) is 6.07 Å². The highest BCUT2D eigenvalue weighted by Crippen LogP contribution is 2.25. The maximum Gasteiger partial charge on any atom is 0.343 e. The molecule has 0 fully saturated rings. The Bertz CT molecular complexity index is 884. The Morgan fingerprint density at radius 1 is 0.957 bits per heavy atom. The van der Waals surface area contributed by atoms with Gasteiger partial charge in [-0.2, -0.15) is 0 Å². The zero-order valence-corrected chi connectivity index (χ0v) is 12.9. The molecule has 3 rings (SSSR count). The molecule has 3 aromatic carbocycles. The monoisotopic (exact) mass is 308 g/mol. The summed E-state index contributed by atoms with van der Waals surface area (Å²) in [7, 11) is 1.62. The number of aryl methyl sites for hydroxylation is 1. The molecular weight excluding hydrogens is 292 g/mol. The number of phenols is 1. The van der Waals surface area contributed by atoms with Gasteiger partial charge in [0, 0.05) is 0 Å². The quantitative estimate of drug-likeness (QED) is 0.585. The Morgan fingerprint density at radius 2 is 1.70 bits per heavy atom. The number of aromatic hydroxyl groups is 1. The van der Waals surface area contributed by atoms with Gasteiger partial charge in [-0.15, -0.1) is 0 Å². The third-order valence-corrected chi connectivity index (χ3v) is 3.64. The molecule has 0 spiro atoms. The molecular formula is C19H16O4. The summed E-state index contributed by atoms with van der Waals surface area (Å²) in [6, 6.07) is 15.6. The van der Waals surface area contributed by atoms with Crippen LogP contribution in [0.3, 0.4) is 0 Å². The van der Waals surface area contributed by atoms with Gasteiger partial charge in [-0.05, 0) is 65.7 Å². The lowest BCUT2D eigenvalue weighted by atomic mass is 10.1. The summed E-state index contributed by atoms with van der Waals surface area (Å²) in [5, 5.41) is 11.3. The third-order valence-electron chi connectivity index (χ3n) is 3.64. The van der Waals surface area contributed by atoms with Crippen molar-refractivity contribution in [2.24, 2.45) is 0 Å². The predicted molar refractivity (Wildman–Crippen MR) is 88.3 cm³/mol. The lowest BCUT2D eigenvalue weighted by Crippen LogP contribution is -2.09.